The highest BCUT2D eigenvalue weighted by molar-refractivity contribution is 8.00. The van der Waals surface area contributed by atoms with Crippen molar-refractivity contribution >= 4 is 35.3 Å². The zero-order chi connectivity index (χ0) is 21.9. The van der Waals surface area contributed by atoms with Gasteiger partial charge in [0.25, 0.3) is 0 Å². The van der Waals surface area contributed by atoms with E-state index in [9.17, 15) is 10.2 Å². The first-order valence-corrected chi connectivity index (χ1v) is 12.8. The molecular weight excluding hydrogens is 416 g/mol. The van der Waals surface area contributed by atoms with Crippen molar-refractivity contribution in [2.75, 3.05) is 24.7 Å². The molecule has 0 aliphatic carbocycles. The van der Waals surface area contributed by atoms with Gasteiger partial charge in [-0.3, -0.25) is 0 Å². The maximum Gasteiger partial charge on any atom is 0.0525 e. The largest absolute Gasteiger partial charge is 0.396 e. The average Bonchev–Trinajstić information content (AvgIpc) is 2.70. The van der Waals surface area contributed by atoms with E-state index < -0.39 is 0 Å². The van der Waals surface area contributed by atoms with Gasteiger partial charge in [-0.1, -0.05) is 11.8 Å². The lowest BCUT2D eigenvalue weighted by Crippen LogP contribution is -2.02. The van der Waals surface area contributed by atoms with Gasteiger partial charge < -0.3 is 10.2 Å². The molecule has 29 heavy (non-hydrogen) atoms. The third-order valence-electron chi connectivity index (χ3n) is 5.85. The number of aliphatic hydroxyl groups is 2. The molecule has 0 saturated heterocycles. The molecule has 2 aromatic rings. The molecule has 0 unspecified atom stereocenters. The lowest BCUT2D eigenvalue weighted by Gasteiger charge is -2.23. The normalized spacial score (nSPS) is 11.4. The summed E-state index contributed by atoms with van der Waals surface area (Å²) in [5, 5.41) is 18.5. The molecule has 0 radical (unpaired) electrons. The molecule has 0 aliphatic rings. The minimum absolute atomic E-state index is 0.204. The second-order valence-electron chi connectivity index (χ2n) is 7.56. The number of rotatable bonds is 8. The summed E-state index contributed by atoms with van der Waals surface area (Å²) in [4.78, 5) is 5.34. The zero-order valence-electron chi connectivity index (χ0n) is 18.9. The van der Waals surface area contributed by atoms with E-state index in [0.717, 1.165) is 11.5 Å². The Morgan fingerprint density at radius 3 is 0.931 bits per heavy atom. The van der Waals surface area contributed by atoms with Crippen LogP contribution >= 0.6 is 35.3 Å². The third kappa shape index (κ3) is 5.01. The van der Waals surface area contributed by atoms with Crippen LogP contribution in [0.5, 0.6) is 0 Å². The third-order valence-corrected chi connectivity index (χ3v) is 10.1. The Hall–Kier alpha value is -0.590. The van der Waals surface area contributed by atoms with Crippen LogP contribution in [0, 0.1) is 55.4 Å². The molecule has 0 atom stereocenters. The maximum absolute atomic E-state index is 9.25. The van der Waals surface area contributed by atoms with Crippen LogP contribution < -0.4 is 0 Å². The highest BCUT2D eigenvalue weighted by Gasteiger charge is 2.20. The van der Waals surface area contributed by atoms with E-state index in [0.29, 0.717) is 0 Å². The van der Waals surface area contributed by atoms with Gasteiger partial charge in [0.05, 0.1) is 13.2 Å². The number of hydrogen-bond donors (Lipinski definition) is 2. The van der Waals surface area contributed by atoms with E-state index in [-0.39, 0.29) is 13.2 Å². The van der Waals surface area contributed by atoms with Crippen LogP contribution in [0.2, 0.25) is 0 Å². The van der Waals surface area contributed by atoms with Gasteiger partial charge >= 0.3 is 0 Å². The van der Waals surface area contributed by atoms with E-state index in [1.165, 1.54) is 64.1 Å². The Labute approximate surface area is 189 Å². The minimum Gasteiger partial charge on any atom is -0.396 e. The smallest absolute Gasteiger partial charge is 0.0525 e. The summed E-state index contributed by atoms with van der Waals surface area (Å²) >= 11 is 5.41. The highest BCUT2D eigenvalue weighted by Crippen LogP contribution is 2.45. The summed E-state index contributed by atoms with van der Waals surface area (Å²) in [6.07, 6.45) is 0. The van der Waals surface area contributed by atoms with E-state index in [1.807, 2.05) is 11.8 Å². The van der Waals surface area contributed by atoms with Gasteiger partial charge in [-0.25, -0.2) is 0 Å². The van der Waals surface area contributed by atoms with Gasteiger partial charge in [0.15, 0.2) is 0 Å². The molecule has 0 aromatic heterocycles. The van der Waals surface area contributed by atoms with Crippen molar-refractivity contribution in [2.45, 2.75) is 75.0 Å². The van der Waals surface area contributed by atoms with Gasteiger partial charge in [-0.05, 0) is 99.9 Å². The van der Waals surface area contributed by atoms with Crippen molar-refractivity contribution in [2.24, 2.45) is 0 Å². The van der Waals surface area contributed by atoms with Crippen molar-refractivity contribution < 1.29 is 10.2 Å². The summed E-state index contributed by atoms with van der Waals surface area (Å²) < 4.78 is 0. The number of benzene rings is 2. The molecule has 2 aromatic carbocycles. The summed E-state index contributed by atoms with van der Waals surface area (Å²) in [6, 6.07) is 0. The number of thioether (sulfide) groups is 2. The highest BCUT2D eigenvalue weighted by atomic mass is 32.2. The molecule has 0 heterocycles. The van der Waals surface area contributed by atoms with Gasteiger partial charge in [0.2, 0.25) is 0 Å². The minimum atomic E-state index is 0.204. The van der Waals surface area contributed by atoms with Crippen LogP contribution in [-0.2, 0) is 0 Å². The number of hydrogen-bond acceptors (Lipinski definition) is 5. The topological polar surface area (TPSA) is 40.5 Å². The SMILES string of the molecule is Cc1c(C)c(Sc2c(C)c(C)c(SCCO)c(C)c2C)c(C)c(C)c1SCCO. The molecule has 0 bridgehead atoms. The number of aliphatic hydroxyl groups excluding tert-OH is 2. The van der Waals surface area contributed by atoms with Crippen molar-refractivity contribution in [1.29, 1.82) is 0 Å². The molecule has 0 saturated carbocycles. The Morgan fingerprint density at radius 2 is 0.690 bits per heavy atom. The molecule has 2 N–H and O–H groups in total. The molecular formula is C24H34O2S3. The van der Waals surface area contributed by atoms with Crippen LogP contribution in [0.4, 0.5) is 0 Å². The Bertz CT molecular complexity index is 772. The molecule has 2 rings (SSSR count). The molecule has 0 fully saturated rings. The van der Waals surface area contributed by atoms with Crippen molar-refractivity contribution in [3.8, 4) is 0 Å². The molecule has 2 nitrogen and oxygen atoms in total. The second-order valence-corrected chi connectivity index (χ2v) is 10.8. The molecule has 0 aliphatic heterocycles. The van der Waals surface area contributed by atoms with Gasteiger partial charge in [0, 0.05) is 31.1 Å². The summed E-state index contributed by atoms with van der Waals surface area (Å²) in [5.74, 6) is 1.47. The lowest BCUT2D eigenvalue weighted by atomic mass is 10.0. The second kappa shape index (κ2) is 10.6. The van der Waals surface area contributed by atoms with Crippen LogP contribution in [0.3, 0.4) is 0 Å². The summed E-state index contributed by atoms with van der Waals surface area (Å²) in [5.41, 5.74) is 10.7. The van der Waals surface area contributed by atoms with Crippen molar-refractivity contribution in [3.63, 3.8) is 0 Å². The Morgan fingerprint density at radius 1 is 0.448 bits per heavy atom. The predicted octanol–water partition coefficient (Wildman–Crippen LogP) is 6.47. The first kappa shape index (κ1) is 24.7. The fourth-order valence-corrected chi connectivity index (χ4v) is 7.12. The quantitative estimate of drug-likeness (QED) is 0.451. The van der Waals surface area contributed by atoms with Crippen molar-refractivity contribution in [3.05, 3.63) is 44.5 Å². The van der Waals surface area contributed by atoms with Gasteiger partial charge in [0.1, 0.15) is 0 Å². The van der Waals surface area contributed by atoms with Crippen molar-refractivity contribution in [1.82, 2.24) is 0 Å². The van der Waals surface area contributed by atoms with Crippen LogP contribution in [-0.4, -0.2) is 34.9 Å². The average molecular weight is 451 g/mol. The maximum atomic E-state index is 9.25. The van der Waals surface area contributed by atoms with Crippen LogP contribution in [0.1, 0.15) is 44.5 Å². The first-order chi connectivity index (χ1) is 13.7. The molecule has 0 amide bonds. The first-order valence-electron chi connectivity index (χ1n) is 10.0. The Kier molecular flexibility index (Phi) is 9.05. The predicted molar refractivity (Wildman–Crippen MR) is 131 cm³/mol. The Balaban J connectivity index is 2.58. The fraction of sp³-hybridized carbons (Fsp3) is 0.500. The van der Waals surface area contributed by atoms with Gasteiger partial charge in [-0.2, -0.15) is 0 Å². The van der Waals surface area contributed by atoms with E-state index in [2.05, 4.69) is 55.4 Å². The van der Waals surface area contributed by atoms with Gasteiger partial charge in [-0.15, -0.1) is 23.5 Å². The van der Waals surface area contributed by atoms with E-state index >= 15 is 0 Å². The fourth-order valence-electron chi connectivity index (χ4n) is 3.62. The van der Waals surface area contributed by atoms with Crippen LogP contribution in [0.25, 0.3) is 0 Å². The zero-order valence-corrected chi connectivity index (χ0v) is 21.4. The summed E-state index contributed by atoms with van der Waals surface area (Å²) in [6.45, 7) is 18.1. The summed E-state index contributed by atoms with van der Waals surface area (Å²) in [7, 11) is 0. The molecule has 0 spiro atoms. The van der Waals surface area contributed by atoms with E-state index in [4.69, 9.17) is 0 Å². The monoisotopic (exact) mass is 450 g/mol. The van der Waals surface area contributed by atoms with E-state index in [1.54, 1.807) is 23.5 Å². The lowest BCUT2D eigenvalue weighted by molar-refractivity contribution is 0.322. The molecule has 160 valence electrons. The standard InChI is InChI=1S/C24H34O2S3/c1-13-17(5)23(18(6)14(2)21(13)27-11-9-25)29-24-19(7)15(3)22(28-12-10-26)16(4)20(24)8/h25-26H,9-12H2,1-8H3. The molecule has 5 heteroatoms. The van der Waals surface area contributed by atoms with Crippen LogP contribution in [0.15, 0.2) is 19.6 Å².